The summed E-state index contributed by atoms with van der Waals surface area (Å²) in [6.07, 6.45) is 13.0. The summed E-state index contributed by atoms with van der Waals surface area (Å²) in [6, 6.07) is 5.17. The van der Waals surface area contributed by atoms with Gasteiger partial charge in [0.25, 0.3) is 0 Å². The summed E-state index contributed by atoms with van der Waals surface area (Å²) in [5, 5.41) is 3.10. The van der Waals surface area contributed by atoms with Gasteiger partial charge in [-0.3, -0.25) is 9.78 Å². The van der Waals surface area contributed by atoms with Crippen molar-refractivity contribution in [3.63, 3.8) is 0 Å². The van der Waals surface area contributed by atoms with Crippen LogP contribution in [0.25, 0.3) is 6.08 Å². The molecule has 3 aromatic heterocycles. The molecule has 0 aromatic carbocycles. The monoisotopic (exact) mass is 362 g/mol. The van der Waals surface area contributed by atoms with Crippen LogP contribution in [0.15, 0.2) is 59.7 Å². The van der Waals surface area contributed by atoms with E-state index in [1.165, 1.54) is 6.08 Å². The Hall–Kier alpha value is -3.55. The first-order valence-electron chi connectivity index (χ1n) is 8.68. The van der Waals surface area contributed by atoms with Gasteiger partial charge in [-0.15, -0.1) is 0 Å². The topological polar surface area (TPSA) is 97.0 Å². The van der Waals surface area contributed by atoms with E-state index in [4.69, 9.17) is 4.42 Å². The molecule has 3 aromatic rings. The Bertz CT molecular complexity index is 926. The molecule has 4 rings (SSSR count). The maximum absolute atomic E-state index is 12.7. The van der Waals surface area contributed by atoms with E-state index >= 15 is 0 Å². The summed E-state index contributed by atoms with van der Waals surface area (Å²) in [6.45, 7) is 0.670. The molecular weight excluding hydrogens is 344 g/mol. The Morgan fingerprint density at radius 1 is 1.15 bits per heavy atom. The first kappa shape index (κ1) is 16.9. The minimum atomic E-state index is -0.154. The molecule has 1 N–H and O–H groups in total. The summed E-state index contributed by atoms with van der Waals surface area (Å²) in [5.74, 6) is 1.56. The number of nitrogens with one attached hydrogen (secondary N) is 1. The SMILES string of the molecule is O=C(/C=C/c1ccco1)N1CCC[C@@H]1c1nccnc1Nc1ncccn1. The number of aromatic nitrogens is 4. The van der Waals surface area contributed by atoms with Crippen LogP contribution >= 0.6 is 0 Å². The van der Waals surface area contributed by atoms with Crippen LogP contribution in [0.2, 0.25) is 0 Å². The highest BCUT2D eigenvalue weighted by Crippen LogP contribution is 2.34. The van der Waals surface area contributed by atoms with Gasteiger partial charge in [-0.05, 0) is 37.1 Å². The van der Waals surface area contributed by atoms with Crippen molar-refractivity contribution in [2.75, 3.05) is 11.9 Å². The lowest BCUT2D eigenvalue weighted by Gasteiger charge is -2.24. The Balaban J connectivity index is 1.56. The van der Waals surface area contributed by atoms with E-state index in [9.17, 15) is 4.79 Å². The van der Waals surface area contributed by atoms with E-state index in [2.05, 4.69) is 25.3 Å². The molecule has 1 saturated heterocycles. The van der Waals surface area contributed by atoms with Crippen molar-refractivity contribution in [1.82, 2.24) is 24.8 Å². The van der Waals surface area contributed by atoms with Crippen molar-refractivity contribution in [1.29, 1.82) is 0 Å². The Morgan fingerprint density at radius 3 is 2.81 bits per heavy atom. The Labute approximate surface area is 156 Å². The third-order valence-electron chi connectivity index (χ3n) is 4.31. The molecular formula is C19H18N6O2. The van der Waals surface area contributed by atoms with Crippen molar-refractivity contribution >= 4 is 23.7 Å². The minimum absolute atomic E-state index is 0.0820. The number of carbonyl (C=O) groups is 1. The van der Waals surface area contributed by atoms with Crippen LogP contribution < -0.4 is 5.32 Å². The molecule has 0 saturated carbocycles. The molecule has 1 atom stereocenters. The van der Waals surface area contributed by atoms with Gasteiger partial charge in [-0.25, -0.2) is 15.0 Å². The Kier molecular flexibility index (Phi) is 4.86. The number of likely N-dealkylation sites (tertiary alicyclic amines) is 1. The Morgan fingerprint density at radius 2 is 2.00 bits per heavy atom. The van der Waals surface area contributed by atoms with Crippen molar-refractivity contribution < 1.29 is 9.21 Å². The van der Waals surface area contributed by atoms with E-state index in [-0.39, 0.29) is 11.9 Å². The van der Waals surface area contributed by atoms with Crippen LogP contribution in [0.5, 0.6) is 0 Å². The van der Waals surface area contributed by atoms with Crippen molar-refractivity contribution in [2.45, 2.75) is 18.9 Å². The highest BCUT2D eigenvalue weighted by atomic mass is 16.3. The number of furan rings is 1. The van der Waals surface area contributed by atoms with Crippen LogP contribution in [-0.2, 0) is 4.79 Å². The van der Waals surface area contributed by atoms with E-state index in [0.29, 0.717) is 29.8 Å². The summed E-state index contributed by atoms with van der Waals surface area (Å²) in [4.78, 5) is 31.7. The number of hydrogen-bond acceptors (Lipinski definition) is 7. The zero-order chi connectivity index (χ0) is 18.5. The zero-order valence-corrected chi connectivity index (χ0v) is 14.5. The smallest absolute Gasteiger partial charge is 0.247 e. The molecule has 136 valence electrons. The third kappa shape index (κ3) is 3.84. The molecule has 27 heavy (non-hydrogen) atoms. The van der Waals surface area contributed by atoms with Crippen molar-refractivity contribution in [3.05, 3.63) is 66.8 Å². The highest BCUT2D eigenvalue weighted by Gasteiger charge is 2.32. The summed E-state index contributed by atoms with van der Waals surface area (Å²) >= 11 is 0. The fourth-order valence-corrected chi connectivity index (χ4v) is 3.11. The van der Waals surface area contributed by atoms with Gasteiger partial charge in [0.05, 0.1) is 12.3 Å². The molecule has 4 heterocycles. The first-order valence-corrected chi connectivity index (χ1v) is 8.68. The fraction of sp³-hybridized carbons (Fsp3) is 0.211. The van der Waals surface area contributed by atoms with E-state index in [1.54, 1.807) is 60.2 Å². The normalized spacial score (nSPS) is 16.7. The van der Waals surface area contributed by atoms with Crippen LogP contribution in [0.4, 0.5) is 11.8 Å². The maximum atomic E-state index is 12.7. The van der Waals surface area contributed by atoms with E-state index < -0.39 is 0 Å². The first-order chi connectivity index (χ1) is 13.3. The lowest BCUT2D eigenvalue weighted by molar-refractivity contribution is -0.126. The van der Waals surface area contributed by atoms with Crippen LogP contribution in [-0.4, -0.2) is 37.3 Å². The van der Waals surface area contributed by atoms with Gasteiger partial charge in [-0.2, -0.15) is 0 Å². The standard InChI is InChI=1S/C19H18N6O2/c26-16(7-6-14-4-2-13-27-14)25-12-1-5-15(25)17-18(21-11-10-20-17)24-19-22-8-3-9-23-19/h2-4,6-11,13,15H,1,5,12H2,(H,21,22,23,24)/b7-6+/t15-/m1/s1. The quantitative estimate of drug-likeness (QED) is 0.697. The summed E-state index contributed by atoms with van der Waals surface area (Å²) < 4.78 is 5.24. The molecule has 0 spiro atoms. The molecule has 1 fully saturated rings. The van der Waals surface area contributed by atoms with Crippen LogP contribution in [0.1, 0.15) is 30.3 Å². The largest absolute Gasteiger partial charge is 0.465 e. The second-order valence-electron chi connectivity index (χ2n) is 6.03. The molecule has 8 nitrogen and oxygen atoms in total. The molecule has 0 radical (unpaired) electrons. The van der Waals surface area contributed by atoms with Gasteiger partial charge in [0, 0.05) is 37.4 Å². The number of carbonyl (C=O) groups excluding carboxylic acids is 1. The van der Waals surface area contributed by atoms with Gasteiger partial charge in [0.1, 0.15) is 11.5 Å². The van der Waals surface area contributed by atoms with E-state index in [0.717, 1.165) is 12.8 Å². The molecule has 1 aliphatic heterocycles. The second-order valence-corrected chi connectivity index (χ2v) is 6.03. The minimum Gasteiger partial charge on any atom is -0.465 e. The van der Waals surface area contributed by atoms with Crippen molar-refractivity contribution in [3.8, 4) is 0 Å². The molecule has 1 amide bonds. The van der Waals surface area contributed by atoms with Gasteiger partial charge in [-0.1, -0.05) is 0 Å². The second kappa shape index (κ2) is 7.77. The fourth-order valence-electron chi connectivity index (χ4n) is 3.11. The number of nitrogens with zero attached hydrogens (tertiary/aromatic N) is 5. The van der Waals surface area contributed by atoms with Crippen LogP contribution in [0.3, 0.4) is 0 Å². The predicted molar refractivity (Wildman–Crippen MR) is 98.8 cm³/mol. The molecule has 0 aliphatic carbocycles. The predicted octanol–water partition coefficient (Wildman–Crippen LogP) is 2.98. The number of hydrogen-bond donors (Lipinski definition) is 1. The summed E-state index contributed by atoms with van der Waals surface area (Å²) in [5.41, 5.74) is 0.710. The molecule has 1 aliphatic rings. The zero-order valence-electron chi connectivity index (χ0n) is 14.5. The van der Waals surface area contributed by atoms with Gasteiger partial charge < -0.3 is 14.6 Å². The van der Waals surface area contributed by atoms with Crippen molar-refractivity contribution in [2.24, 2.45) is 0 Å². The average molecular weight is 362 g/mol. The highest BCUT2D eigenvalue weighted by molar-refractivity contribution is 5.92. The molecule has 0 unspecified atom stereocenters. The average Bonchev–Trinajstić information content (AvgIpc) is 3.39. The summed E-state index contributed by atoms with van der Waals surface area (Å²) in [7, 11) is 0. The van der Waals surface area contributed by atoms with Gasteiger partial charge in [0.15, 0.2) is 5.82 Å². The number of amides is 1. The number of rotatable bonds is 5. The van der Waals surface area contributed by atoms with Gasteiger partial charge >= 0.3 is 0 Å². The molecule has 0 bridgehead atoms. The lowest BCUT2D eigenvalue weighted by Crippen LogP contribution is -2.30. The lowest BCUT2D eigenvalue weighted by atomic mass is 10.1. The third-order valence-corrected chi connectivity index (χ3v) is 4.31. The van der Waals surface area contributed by atoms with Crippen LogP contribution in [0, 0.1) is 0 Å². The number of anilines is 2. The van der Waals surface area contributed by atoms with E-state index in [1.807, 2.05) is 0 Å². The molecule has 8 heteroatoms. The van der Waals surface area contributed by atoms with Gasteiger partial charge in [0.2, 0.25) is 11.9 Å². The maximum Gasteiger partial charge on any atom is 0.247 e.